The van der Waals surface area contributed by atoms with E-state index in [1.54, 1.807) is 12.1 Å². The number of rotatable bonds is 3. The van der Waals surface area contributed by atoms with Gasteiger partial charge in [0.1, 0.15) is 4.90 Å². The molecule has 1 aromatic carbocycles. The Morgan fingerprint density at radius 3 is 2.35 bits per heavy atom. The van der Waals surface area contributed by atoms with Crippen LogP contribution in [0.4, 0.5) is 0 Å². The molecule has 1 aromatic rings. The van der Waals surface area contributed by atoms with E-state index in [0.717, 1.165) is 0 Å². The fraction of sp³-hybridized carbons (Fsp3) is 0.455. The van der Waals surface area contributed by atoms with Crippen LogP contribution in [0.15, 0.2) is 32.0 Å². The molecule has 6 heteroatoms. The van der Waals surface area contributed by atoms with Gasteiger partial charge in [0.15, 0.2) is 0 Å². The molecule has 0 aliphatic heterocycles. The van der Waals surface area contributed by atoms with Gasteiger partial charge in [-0.05, 0) is 39.5 Å². The molecule has 0 aliphatic rings. The number of halogens is 2. The van der Waals surface area contributed by atoms with E-state index in [9.17, 15) is 8.42 Å². The van der Waals surface area contributed by atoms with Crippen molar-refractivity contribution in [3.63, 3.8) is 0 Å². The third-order valence-corrected chi connectivity index (χ3v) is 4.56. The number of hydrogen-bond donors (Lipinski definition) is 0. The molecule has 0 saturated heterocycles. The monoisotopic (exact) mass is 384 g/mol. The van der Waals surface area contributed by atoms with Crippen molar-refractivity contribution in [3.8, 4) is 0 Å². The van der Waals surface area contributed by atoms with Gasteiger partial charge in [-0.3, -0.25) is 4.18 Å². The molecule has 0 aromatic heterocycles. The van der Waals surface area contributed by atoms with Gasteiger partial charge in [0.25, 0.3) is 10.1 Å². The molecule has 0 N–H and O–H groups in total. The fourth-order valence-electron chi connectivity index (χ4n) is 0.987. The molecule has 0 bridgehead atoms. The molecular weight excluding hydrogens is 372 g/mol. The van der Waals surface area contributed by atoms with Crippen LogP contribution in [0.25, 0.3) is 0 Å². The zero-order chi connectivity index (χ0) is 13.3. The van der Waals surface area contributed by atoms with E-state index in [1.807, 2.05) is 20.8 Å². The predicted octanol–water partition coefficient (Wildman–Crippen LogP) is 3.96. The van der Waals surface area contributed by atoms with Gasteiger partial charge >= 0.3 is 0 Å². The van der Waals surface area contributed by atoms with E-state index in [0.29, 0.717) is 8.95 Å². The lowest BCUT2D eigenvalue weighted by Gasteiger charge is -2.18. The van der Waals surface area contributed by atoms with Crippen molar-refractivity contribution in [1.82, 2.24) is 0 Å². The second-order valence-electron chi connectivity index (χ2n) is 4.85. The van der Waals surface area contributed by atoms with Crippen molar-refractivity contribution < 1.29 is 12.6 Å². The molecule has 3 nitrogen and oxygen atoms in total. The molecule has 0 amide bonds. The van der Waals surface area contributed by atoms with Crippen molar-refractivity contribution in [2.75, 3.05) is 6.61 Å². The Morgan fingerprint density at radius 1 is 1.24 bits per heavy atom. The van der Waals surface area contributed by atoms with Gasteiger partial charge < -0.3 is 0 Å². The average molecular weight is 386 g/mol. The zero-order valence-electron chi connectivity index (χ0n) is 9.83. The maximum Gasteiger partial charge on any atom is 0.298 e. The first kappa shape index (κ1) is 15.1. The highest BCUT2D eigenvalue weighted by atomic mass is 79.9. The molecule has 0 fully saturated rings. The summed E-state index contributed by atoms with van der Waals surface area (Å²) in [5.41, 5.74) is -0.203. The molecule has 0 aliphatic carbocycles. The summed E-state index contributed by atoms with van der Waals surface area (Å²) in [4.78, 5) is 0.135. The lowest BCUT2D eigenvalue weighted by atomic mass is 9.99. The molecule has 0 atom stereocenters. The van der Waals surface area contributed by atoms with E-state index in [2.05, 4.69) is 31.9 Å². The first-order valence-electron chi connectivity index (χ1n) is 4.96. The maximum absolute atomic E-state index is 12.0. The molecular formula is C11H14Br2O3S. The molecule has 0 saturated carbocycles. The van der Waals surface area contributed by atoms with Crippen LogP contribution in [0.5, 0.6) is 0 Å². The van der Waals surface area contributed by atoms with Crippen LogP contribution in [0.1, 0.15) is 20.8 Å². The van der Waals surface area contributed by atoms with Crippen LogP contribution in [0.3, 0.4) is 0 Å². The largest absolute Gasteiger partial charge is 0.298 e. The normalized spacial score (nSPS) is 12.8. The second-order valence-corrected chi connectivity index (χ2v) is 8.21. The number of hydrogen-bond acceptors (Lipinski definition) is 3. The quantitative estimate of drug-likeness (QED) is 0.739. The summed E-state index contributed by atoms with van der Waals surface area (Å²) in [5, 5.41) is 0. The zero-order valence-corrected chi connectivity index (χ0v) is 13.8. The third kappa shape index (κ3) is 4.69. The average Bonchev–Trinajstić information content (AvgIpc) is 2.18. The molecule has 96 valence electrons. The van der Waals surface area contributed by atoms with Crippen LogP contribution >= 0.6 is 31.9 Å². The summed E-state index contributed by atoms with van der Waals surface area (Å²) in [6, 6.07) is 4.94. The molecule has 17 heavy (non-hydrogen) atoms. The Kier molecular flexibility index (Phi) is 4.80. The summed E-state index contributed by atoms with van der Waals surface area (Å²) in [7, 11) is -3.72. The minimum absolute atomic E-state index is 0.135. The van der Waals surface area contributed by atoms with Crippen LogP contribution in [-0.4, -0.2) is 15.0 Å². The molecule has 0 unspecified atom stereocenters. The third-order valence-electron chi connectivity index (χ3n) is 1.81. The van der Waals surface area contributed by atoms with E-state index in [-0.39, 0.29) is 16.9 Å². The van der Waals surface area contributed by atoms with Gasteiger partial charge in [-0.15, -0.1) is 0 Å². The summed E-state index contributed by atoms with van der Waals surface area (Å²) in [5.74, 6) is 0. The van der Waals surface area contributed by atoms with Crippen molar-refractivity contribution in [1.29, 1.82) is 0 Å². The molecule has 1 rings (SSSR count). The van der Waals surface area contributed by atoms with Crippen molar-refractivity contribution in [2.24, 2.45) is 5.41 Å². The van der Waals surface area contributed by atoms with Gasteiger partial charge in [0.05, 0.1) is 6.61 Å². The Bertz CT molecular complexity index is 504. The molecule has 0 spiro atoms. The van der Waals surface area contributed by atoms with Gasteiger partial charge in [0.2, 0.25) is 0 Å². The predicted molar refractivity (Wildman–Crippen MR) is 74.4 cm³/mol. The van der Waals surface area contributed by atoms with Crippen LogP contribution in [-0.2, 0) is 14.3 Å². The van der Waals surface area contributed by atoms with Crippen molar-refractivity contribution >= 4 is 42.0 Å². The summed E-state index contributed by atoms with van der Waals surface area (Å²) < 4.78 is 30.2. The Labute approximate surface area is 119 Å². The van der Waals surface area contributed by atoms with Gasteiger partial charge in [-0.2, -0.15) is 8.42 Å². The molecule has 0 heterocycles. The Hall–Kier alpha value is 0.0900. The van der Waals surface area contributed by atoms with Crippen LogP contribution < -0.4 is 0 Å². The second kappa shape index (κ2) is 5.38. The van der Waals surface area contributed by atoms with E-state index in [1.165, 1.54) is 6.07 Å². The first-order valence-corrected chi connectivity index (χ1v) is 7.96. The van der Waals surface area contributed by atoms with Crippen molar-refractivity contribution in [2.45, 2.75) is 25.7 Å². The Balaban J connectivity index is 3.02. The lowest BCUT2D eigenvalue weighted by Crippen LogP contribution is -2.19. The SMILES string of the molecule is CC(C)(C)COS(=O)(=O)c1cc(Br)ccc1Br. The molecule has 0 radical (unpaired) electrons. The summed E-state index contributed by atoms with van der Waals surface area (Å²) >= 11 is 6.45. The lowest BCUT2D eigenvalue weighted by molar-refractivity contribution is 0.203. The van der Waals surface area contributed by atoms with E-state index in [4.69, 9.17) is 4.18 Å². The topological polar surface area (TPSA) is 43.4 Å². The van der Waals surface area contributed by atoms with Crippen LogP contribution in [0, 0.1) is 5.41 Å². The van der Waals surface area contributed by atoms with Gasteiger partial charge in [-0.1, -0.05) is 36.7 Å². The highest BCUT2D eigenvalue weighted by Crippen LogP contribution is 2.28. The fourth-order valence-corrected chi connectivity index (χ4v) is 3.55. The standard InChI is InChI=1S/C11H14Br2O3S/c1-11(2,3)7-16-17(14,15)10-6-8(12)4-5-9(10)13/h4-6H,7H2,1-3H3. The van der Waals surface area contributed by atoms with Gasteiger partial charge in [-0.25, -0.2) is 0 Å². The number of benzene rings is 1. The Morgan fingerprint density at radius 2 is 1.82 bits per heavy atom. The summed E-state index contributed by atoms with van der Waals surface area (Å²) in [6.45, 7) is 5.89. The minimum Gasteiger partial charge on any atom is -0.266 e. The van der Waals surface area contributed by atoms with Crippen LogP contribution in [0.2, 0.25) is 0 Å². The van der Waals surface area contributed by atoms with E-state index < -0.39 is 10.1 Å². The highest BCUT2D eigenvalue weighted by Gasteiger charge is 2.22. The van der Waals surface area contributed by atoms with E-state index >= 15 is 0 Å². The van der Waals surface area contributed by atoms with Gasteiger partial charge in [0, 0.05) is 8.95 Å². The van der Waals surface area contributed by atoms with Crippen molar-refractivity contribution in [3.05, 3.63) is 27.1 Å². The highest BCUT2D eigenvalue weighted by molar-refractivity contribution is 9.11. The summed E-state index contributed by atoms with van der Waals surface area (Å²) in [6.07, 6.45) is 0. The minimum atomic E-state index is -3.72. The maximum atomic E-state index is 12.0. The first-order chi connectivity index (χ1) is 7.62. The smallest absolute Gasteiger partial charge is 0.266 e.